The second-order valence-corrected chi connectivity index (χ2v) is 11.3. The Kier molecular flexibility index (Phi) is 12.0. The van der Waals surface area contributed by atoms with Crippen molar-refractivity contribution in [1.82, 2.24) is 9.80 Å². The smallest absolute Gasteiger partial charge is 0.295 e. The average Bonchev–Trinajstić information content (AvgIpc) is 3.31. The van der Waals surface area contributed by atoms with Gasteiger partial charge in [0, 0.05) is 12.1 Å². The quantitative estimate of drug-likeness (QED) is 0.0811. The number of carbonyl (C=O) groups is 2. The first-order valence-corrected chi connectivity index (χ1v) is 15.9. The molecular formula is C37H46N2O6. The van der Waals surface area contributed by atoms with Gasteiger partial charge in [-0.25, -0.2) is 0 Å². The third kappa shape index (κ3) is 8.25. The van der Waals surface area contributed by atoms with E-state index in [4.69, 9.17) is 14.2 Å². The van der Waals surface area contributed by atoms with Crippen LogP contribution in [0.25, 0.3) is 5.76 Å². The molecule has 4 rings (SSSR count). The highest BCUT2D eigenvalue weighted by Crippen LogP contribution is 2.42. The van der Waals surface area contributed by atoms with E-state index in [1.165, 1.54) is 5.56 Å². The maximum absolute atomic E-state index is 13.6. The molecule has 1 N–H and O–H groups in total. The molecule has 1 aliphatic heterocycles. The zero-order chi connectivity index (χ0) is 32.3. The maximum atomic E-state index is 13.6. The Morgan fingerprint density at radius 1 is 0.889 bits per heavy atom. The molecule has 240 valence electrons. The van der Waals surface area contributed by atoms with Crippen molar-refractivity contribution in [2.75, 3.05) is 39.9 Å². The van der Waals surface area contributed by atoms with Gasteiger partial charge in [-0.05, 0) is 86.9 Å². The van der Waals surface area contributed by atoms with E-state index >= 15 is 0 Å². The molecular weight excluding hydrogens is 568 g/mol. The van der Waals surface area contributed by atoms with Crippen LogP contribution < -0.4 is 14.2 Å². The summed E-state index contributed by atoms with van der Waals surface area (Å²) in [5.41, 5.74) is 3.37. The Bertz CT molecular complexity index is 1460. The number of nitrogens with zero attached hydrogens (tertiary/aromatic N) is 2. The summed E-state index contributed by atoms with van der Waals surface area (Å²) in [5.74, 6) is 0.173. The number of aliphatic hydroxyl groups excluding tert-OH is 1. The molecule has 3 aromatic rings. The fourth-order valence-corrected chi connectivity index (χ4v) is 5.48. The molecule has 0 aliphatic carbocycles. The molecule has 1 fully saturated rings. The number of unbranched alkanes of at least 4 members (excludes halogenated alkanes) is 1. The molecule has 3 aromatic carbocycles. The van der Waals surface area contributed by atoms with Gasteiger partial charge >= 0.3 is 0 Å². The van der Waals surface area contributed by atoms with Crippen molar-refractivity contribution >= 4 is 17.4 Å². The van der Waals surface area contributed by atoms with Gasteiger partial charge in [-0.2, -0.15) is 0 Å². The molecule has 1 heterocycles. The Labute approximate surface area is 267 Å². The average molecular weight is 615 g/mol. The summed E-state index contributed by atoms with van der Waals surface area (Å²) in [6.07, 6.45) is 2.60. The first kappa shape index (κ1) is 33.6. The third-order valence-electron chi connectivity index (χ3n) is 8.22. The lowest BCUT2D eigenvalue weighted by atomic mass is 9.95. The Morgan fingerprint density at radius 3 is 2.24 bits per heavy atom. The number of rotatable bonds is 16. The standard InChI is InChI=1S/C37H46N2O6/c1-6-9-23-44-31-20-17-29(24-32(31)43-5)34-33(36(41)37(42)39(34)22-10-21-38(7-2)8-3)35(40)28-15-18-30(19-16-28)45-25-27-13-11-26(4)12-14-27/h11-20,24,34,40H,6-10,21-23,25H2,1-5H3/b35-33+. The number of benzene rings is 3. The second kappa shape index (κ2) is 16.1. The molecule has 0 aromatic heterocycles. The summed E-state index contributed by atoms with van der Waals surface area (Å²) < 4.78 is 17.5. The van der Waals surface area contributed by atoms with Gasteiger partial charge in [0.05, 0.1) is 25.3 Å². The van der Waals surface area contributed by atoms with Gasteiger partial charge in [0.1, 0.15) is 18.1 Å². The largest absolute Gasteiger partial charge is 0.507 e. The topological polar surface area (TPSA) is 88.5 Å². The summed E-state index contributed by atoms with van der Waals surface area (Å²) >= 11 is 0. The van der Waals surface area contributed by atoms with Crippen molar-refractivity contribution in [3.63, 3.8) is 0 Å². The molecule has 0 radical (unpaired) electrons. The van der Waals surface area contributed by atoms with Crippen molar-refractivity contribution in [2.45, 2.75) is 59.6 Å². The minimum Gasteiger partial charge on any atom is -0.507 e. The van der Waals surface area contributed by atoms with Crippen LogP contribution in [0.4, 0.5) is 0 Å². The minimum atomic E-state index is -0.780. The lowest BCUT2D eigenvalue weighted by Gasteiger charge is -2.27. The van der Waals surface area contributed by atoms with Gasteiger partial charge in [-0.3, -0.25) is 9.59 Å². The number of hydrogen-bond acceptors (Lipinski definition) is 7. The highest BCUT2D eigenvalue weighted by atomic mass is 16.5. The predicted molar refractivity (Wildman–Crippen MR) is 177 cm³/mol. The molecule has 8 heteroatoms. The fourth-order valence-electron chi connectivity index (χ4n) is 5.48. The van der Waals surface area contributed by atoms with Crippen LogP contribution in [0, 0.1) is 6.92 Å². The van der Waals surface area contributed by atoms with Gasteiger partial charge in [-0.1, -0.05) is 63.1 Å². The molecule has 1 saturated heterocycles. The Balaban J connectivity index is 1.66. The highest BCUT2D eigenvalue weighted by Gasteiger charge is 2.46. The number of likely N-dealkylation sites (tertiary alicyclic amines) is 1. The number of hydrogen-bond donors (Lipinski definition) is 1. The first-order valence-electron chi connectivity index (χ1n) is 15.9. The van der Waals surface area contributed by atoms with Gasteiger partial charge in [0.25, 0.3) is 11.7 Å². The summed E-state index contributed by atoms with van der Waals surface area (Å²) in [7, 11) is 1.56. The van der Waals surface area contributed by atoms with Crippen LogP contribution >= 0.6 is 0 Å². The lowest BCUT2D eigenvalue weighted by Crippen LogP contribution is -2.33. The predicted octanol–water partition coefficient (Wildman–Crippen LogP) is 6.92. The molecule has 0 saturated carbocycles. The van der Waals surface area contributed by atoms with E-state index < -0.39 is 17.7 Å². The molecule has 1 unspecified atom stereocenters. The number of aliphatic hydroxyl groups is 1. The summed E-state index contributed by atoms with van der Waals surface area (Å²) in [5, 5.41) is 11.6. The first-order chi connectivity index (χ1) is 21.8. The van der Waals surface area contributed by atoms with Crippen LogP contribution in [-0.4, -0.2) is 66.5 Å². The Morgan fingerprint density at radius 2 is 1.60 bits per heavy atom. The maximum Gasteiger partial charge on any atom is 0.295 e. The van der Waals surface area contributed by atoms with Crippen molar-refractivity contribution in [2.24, 2.45) is 0 Å². The van der Waals surface area contributed by atoms with E-state index in [9.17, 15) is 14.7 Å². The minimum absolute atomic E-state index is 0.0536. The van der Waals surface area contributed by atoms with Crippen LogP contribution in [0.5, 0.6) is 17.2 Å². The second-order valence-electron chi connectivity index (χ2n) is 11.3. The van der Waals surface area contributed by atoms with Gasteiger partial charge < -0.3 is 29.1 Å². The number of amides is 1. The monoisotopic (exact) mass is 614 g/mol. The Hall–Kier alpha value is -4.30. The molecule has 0 spiro atoms. The van der Waals surface area contributed by atoms with Crippen LogP contribution in [0.3, 0.4) is 0 Å². The summed E-state index contributed by atoms with van der Waals surface area (Å²) in [6.45, 7) is 12.3. The third-order valence-corrected chi connectivity index (χ3v) is 8.22. The molecule has 0 bridgehead atoms. The van der Waals surface area contributed by atoms with E-state index in [-0.39, 0.29) is 11.3 Å². The van der Waals surface area contributed by atoms with Crippen molar-refractivity contribution in [1.29, 1.82) is 0 Å². The van der Waals surface area contributed by atoms with E-state index in [1.807, 2.05) is 37.3 Å². The molecule has 8 nitrogen and oxygen atoms in total. The fraction of sp³-hybridized carbons (Fsp3) is 0.405. The molecule has 1 aliphatic rings. The molecule has 1 amide bonds. The number of carbonyl (C=O) groups excluding carboxylic acids is 2. The number of methoxy groups -OCH3 is 1. The van der Waals surface area contributed by atoms with Crippen molar-refractivity contribution in [3.05, 3.63) is 94.6 Å². The van der Waals surface area contributed by atoms with Crippen LogP contribution in [0.15, 0.2) is 72.3 Å². The number of aryl methyl sites for hydroxylation is 1. The zero-order valence-corrected chi connectivity index (χ0v) is 27.2. The van der Waals surface area contributed by atoms with Crippen LogP contribution in [-0.2, 0) is 16.2 Å². The van der Waals surface area contributed by atoms with Gasteiger partial charge in [0.15, 0.2) is 11.5 Å². The van der Waals surface area contributed by atoms with Gasteiger partial charge in [0.2, 0.25) is 0 Å². The van der Waals surface area contributed by atoms with E-state index in [0.717, 1.165) is 38.0 Å². The van der Waals surface area contributed by atoms with Crippen molar-refractivity contribution < 1.29 is 28.9 Å². The summed E-state index contributed by atoms with van der Waals surface area (Å²) in [6, 6.07) is 19.7. The van der Waals surface area contributed by atoms with Crippen molar-refractivity contribution in [3.8, 4) is 17.2 Å². The molecule has 1 atom stereocenters. The molecule has 45 heavy (non-hydrogen) atoms. The number of ketones is 1. The van der Waals surface area contributed by atoms with E-state index in [2.05, 4.69) is 25.7 Å². The van der Waals surface area contributed by atoms with Crippen LogP contribution in [0.2, 0.25) is 0 Å². The summed E-state index contributed by atoms with van der Waals surface area (Å²) in [4.78, 5) is 30.9. The number of Topliss-reactive ketones (excluding diaryl/α,β-unsaturated/α-hetero) is 1. The SMILES string of the molecule is CCCCOc1ccc(C2/C(=C(\O)c3ccc(OCc4ccc(C)cc4)cc3)C(=O)C(=O)N2CCCN(CC)CC)cc1OC. The lowest BCUT2D eigenvalue weighted by molar-refractivity contribution is -0.140. The zero-order valence-electron chi connectivity index (χ0n) is 27.2. The van der Waals surface area contributed by atoms with E-state index in [1.54, 1.807) is 48.4 Å². The number of ether oxygens (including phenoxy) is 3. The highest BCUT2D eigenvalue weighted by molar-refractivity contribution is 6.46. The normalized spacial score (nSPS) is 16.0. The van der Waals surface area contributed by atoms with Crippen LogP contribution in [0.1, 0.15) is 68.3 Å². The van der Waals surface area contributed by atoms with E-state index in [0.29, 0.717) is 54.6 Å². The van der Waals surface area contributed by atoms with Gasteiger partial charge in [-0.15, -0.1) is 0 Å².